The molecule has 0 radical (unpaired) electrons. The molecule has 1 aliphatic rings. The molecule has 1 saturated heterocycles. The second-order valence-corrected chi connectivity index (χ2v) is 6.12. The van der Waals surface area contributed by atoms with Gasteiger partial charge in [-0.05, 0) is 46.3 Å². The number of piperazine rings is 1. The van der Waals surface area contributed by atoms with Crippen molar-refractivity contribution in [3.63, 3.8) is 0 Å². The van der Waals surface area contributed by atoms with E-state index in [1.54, 1.807) is 0 Å². The molecule has 2 unspecified atom stereocenters. The average molecular weight is 299 g/mol. The Labute approximate surface area is 130 Å². The minimum Gasteiger partial charge on any atom is -0.468 e. The molecule has 0 aromatic rings. The van der Waals surface area contributed by atoms with E-state index in [1.165, 1.54) is 32.9 Å². The number of ether oxygens (including phenoxy) is 1. The molecular formula is C16H33N3O2. The van der Waals surface area contributed by atoms with E-state index in [2.05, 4.69) is 35.9 Å². The number of nitrogens with zero attached hydrogens (tertiary/aromatic N) is 2. The predicted molar refractivity (Wildman–Crippen MR) is 86.5 cm³/mol. The number of rotatable bonds is 9. The first-order chi connectivity index (χ1) is 10.1. The van der Waals surface area contributed by atoms with E-state index in [4.69, 9.17) is 4.74 Å². The van der Waals surface area contributed by atoms with Crippen LogP contribution in [0.25, 0.3) is 0 Å². The van der Waals surface area contributed by atoms with Gasteiger partial charge in [0.25, 0.3) is 0 Å². The van der Waals surface area contributed by atoms with Crippen LogP contribution in [0, 0.1) is 0 Å². The third-order valence-corrected chi connectivity index (χ3v) is 4.29. The van der Waals surface area contributed by atoms with Gasteiger partial charge >= 0.3 is 5.97 Å². The van der Waals surface area contributed by atoms with E-state index in [1.807, 2.05) is 0 Å². The first kappa shape index (κ1) is 18.4. The Morgan fingerprint density at radius 1 is 1.19 bits per heavy atom. The van der Waals surface area contributed by atoms with Crippen molar-refractivity contribution in [3.05, 3.63) is 0 Å². The van der Waals surface area contributed by atoms with E-state index in [0.29, 0.717) is 18.6 Å². The third kappa shape index (κ3) is 6.76. The van der Waals surface area contributed by atoms with Crippen LogP contribution in [-0.2, 0) is 9.53 Å². The highest BCUT2D eigenvalue weighted by Crippen LogP contribution is 2.16. The van der Waals surface area contributed by atoms with Crippen LogP contribution >= 0.6 is 0 Å². The Kier molecular flexibility index (Phi) is 8.88. The first-order valence-electron chi connectivity index (χ1n) is 8.34. The summed E-state index contributed by atoms with van der Waals surface area (Å²) in [7, 11) is 1.46. The molecule has 1 N–H and O–H groups in total. The quantitative estimate of drug-likeness (QED) is 0.514. The molecule has 1 fully saturated rings. The molecule has 0 saturated carbocycles. The van der Waals surface area contributed by atoms with Gasteiger partial charge in [0.15, 0.2) is 0 Å². The van der Waals surface area contributed by atoms with Gasteiger partial charge in [0, 0.05) is 25.2 Å². The fraction of sp³-hybridized carbons (Fsp3) is 0.938. The summed E-state index contributed by atoms with van der Waals surface area (Å²) in [5.41, 5.74) is 0. The molecular weight excluding hydrogens is 266 g/mol. The molecule has 0 amide bonds. The highest BCUT2D eigenvalue weighted by molar-refractivity contribution is 5.71. The summed E-state index contributed by atoms with van der Waals surface area (Å²) in [4.78, 5) is 16.3. The lowest BCUT2D eigenvalue weighted by Crippen LogP contribution is -2.57. The lowest BCUT2D eigenvalue weighted by molar-refractivity contribution is -0.144. The Morgan fingerprint density at radius 2 is 1.86 bits per heavy atom. The van der Waals surface area contributed by atoms with Gasteiger partial charge in [0.2, 0.25) is 0 Å². The zero-order valence-electron chi connectivity index (χ0n) is 14.2. The average Bonchev–Trinajstić information content (AvgIpc) is 2.46. The fourth-order valence-electron chi connectivity index (χ4n) is 3.11. The molecule has 2 atom stereocenters. The van der Waals surface area contributed by atoms with E-state index < -0.39 is 0 Å². The number of methoxy groups -OCH3 is 1. The maximum absolute atomic E-state index is 11.5. The first-order valence-corrected chi connectivity index (χ1v) is 8.34. The van der Waals surface area contributed by atoms with E-state index >= 15 is 0 Å². The van der Waals surface area contributed by atoms with E-state index in [0.717, 1.165) is 26.2 Å². The topological polar surface area (TPSA) is 44.8 Å². The van der Waals surface area contributed by atoms with Crippen LogP contribution in [0.4, 0.5) is 0 Å². The normalized spacial score (nSPS) is 24.2. The van der Waals surface area contributed by atoms with Crippen LogP contribution in [0.2, 0.25) is 0 Å². The number of esters is 1. The number of carbonyl (C=O) groups excluding carboxylic acids is 1. The standard InChI is InChI=1S/C16H33N3O2/c1-5-17-9-7-6-8-10-18-11-14(2)19(15(3)12-18)13-16(20)21-4/h14-15,17H,5-13H2,1-4H3. The summed E-state index contributed by atoms with van der Waals surface area (Å²) in [6.45, 7) is 12.4. The number of hydrogen-bond acceptors (Lipinski definition) is 5. The maximum atomic E-state index is 11.5. The van der Waals surface area contributed by atoms with E-state index in [-0.39, 0.29) is 5.97 Å². The molecule has 1 rings (SSSR count). The molecule has 0 spiro atoms. The smallest absolute Gasteiger partial charge is 0.319 e. The monoisotopic (exact) mass is 299 g/mol. The van der Waals surface area contributed by atoms with Crippen LogP contribution in [0.15, 0.2) is 0 Å². The summed E-state index contributed by atoms with van der Waals surface area (Å²) < 4.78 is 4.79. The zero-order chi connectivity index (χ0) is 15.7. The minimum absolute atomic E-state index is 0.134. The van der Waals surface area contributed by atoms with Gasteiger partial charge in [-0.15, -0.1) is 0 Å². The van der Waals surface area contributed by atoms with Crippen molar-refractivity contribution < 1.29 is 9.53 Å². The minimum atomic E-state index is -0.134. The summed E-state index contributed by atoms with van der Waals surface area (Å²) in [5, 5.41) is 3.37. The summed E-state index contributed by atoms with van der Waals surface area (Å²) in [6, 6.07) is 0.823. The molecule has 0 aliphatic carbocycles. The van der Waals surface area contributed by atoms with Crippen LogP contribution in [-0.4, -0.2) is 74.2 Å². The van der Waals surface area contributed by atoms with Gasteiger partial charge in [-0.3, -0.25) is 9.69 Å². The van der Waals surface area contributed by atoms with Crippen LogP contribution in [0.1, 0.15) is 40.0 Å². The van der Waals surface area contributed by atoms with Crippen molar-refractivity contribution in [2.75, 3.05) is 46.4 Å². The van der Waals surface area contributed by atoms with Crippen molar-refractivity contribution in [2.45, 2.75) is 52.1 Å². The Bertz CT molecular complexity index is 287. The number of unbranched alkanes of at least 4 members (excludes halogenated alkanes) is 2. The van der Waals surface area contributed by atoms with Gasteiger partial charge < -0.3 is 15.0 Å². The molecule has 0 aromatic heterocycles. The predicted octanol–water partition coefficient (Wildman–Crippen LogP) is 1.33. The van der Waals surface area contributed by atoms with Crippen molar-refractivity contribution in [2.24, 2.45) is 0 Å². The molecule has 0 aromatic carbocycles. The summed E-state index contributed by atoms with van der Waals surface area (Å²) in [6.07, 6.45) is 3.82. The molecule has 0 bridgehead atoms. The van der Waals surface area contributed by atoms with Crippen molar-refractivity contribution >= 4 is 5.97 Å². The molecule has 124 valence electrons. The maximum Gasteiger partial charge on any atom is 0.319 e. The van der Waals surface area contributed by atoms with Crippen LogP contribution in [0.5, 0.6) is 0 Å². The molecule has 5 nitrogen and oxygen atoms in total. The Balaban J connectivity index is 2.24. The Hall–Kier alpha value is -0.650. The second kappa shape index (κ2) is 10.1. The molecule has 21 heavy (non-hydrogen) atoms. The van der Waals surface area contributed by atoms with Crippen LogP contribution < -0.4 is 5.32 Å². The zero-order valence-corrected chi connectivity index (χ0v) is 14.2. The molecule has 1 aliphatic heterocycles. The highest BCUT2D eigenvalue weighted by Gasteiger charge is 2.30. The van der Waals surface area contributed by atoms with Crippen molar-refractivity contribution in [1.29, 1.82) is 0 Å². The lowest BCUT2D eigenvalue weighted by Gasteiger charge is -2.44. The third-order valence-electron chi connectivity index (χ3n) is 4.29. The number of carbonyl (C=O) groups is 1. The van der Waals surface area contributed by atoms with Gasteiger partial charge in [0.05, 0.1) is 13.7 Å². The number of nitrogens with one attached hydrogen (secondary N) is 1. The van der Waals surface area contributed by atoms with Crippen LogP contribution in [0.3, 0.4) is 0 Å². The lowest BCUT2D eigenvalue weighted by atomic mass is 10.1. The van der Waals surface area contributed by atoms with Gasteiger partial charge in [-0.2, -0.15) is 0 Å². The van der Waals surface area contributed by atoms with Gasteiger partial charge in [-0.25, -0.2) is 0 Å². The van der Waals surface area contributed by atoms with Gasteiger partial charge in [0.1, 0.15) is 0 Å². The van der Waals surface area contributed by atoms with E-state index in [9.17, 15) is 4.79 Å². The van der Waals surface area contributed by atoms with Crippen molar-refractivity contribution in [3.8, 4) is 0 Å². The largest absolute Gasteiger partial charge is 0.468 e. The second-order valence-electron chi connectivity index (χ2n) is 6.12. The Morgan fingerprint density at radius 3 is 2.43 bits per heavy atom. The summed E-state index contributed by atoms with van der Waals surface area (Å²) in [5.74, 6) is -0.134. The SMILES string of the molecule is CCNCCCCCN1CC(C)N(CC(=O)OC)C(C)C1. The number of hydrogen-bond donors (Lipinski definition) is 1. The highest BCUT2D eigenvalue weighted by atomic mass is 16.5. The van der Waals surface area contributed by atoms with Crippen molar-refractivity contribution in [1.82, 2.24) is 15.1 Å². The molecule has 1 heterocycles. The van der Waals surface area contributed by atoms with Gasteiger partial charge in [-0.1, -0.05) is 13.3 Å². The summed E-state index contributed by atoms with van der Waals surface area (Å²) >= 11 is 0. The molecule has 5 heteroatoms. The fourth-order valence-corrected chi connectivity index (χ4v) is 3.11.